The summed E-state index contributed by atoms with van der Waals surface area (Å²) in [6.45, 7) is 0.903. The largest absolute Gasteiger partial charge is 0.394 e. The first kappa shape index (κ1) is 12.5. The quantitative estimate of drug-likeness (QED) is 0.685. The van der Waals surface area contributed by atoms with E-state index in [1.54, 1.807) is 12.5 Å². The van der Waals surface area contributed by atoms with Gasteiger partial charge in [0.1, 0.15) is 0 Å². The minimum atomic E-state index is -0.312. The molecule has 0 radical (unpaired) electrons. The zero-order valence-electron chi connectivity index (χ0n) is 9.09. The van der Waals surface area contributed by atoms with Crippen LogP contribution in [0.3, 0.4) is 0 Å². The number of aliphatic hydroxyl groups is 1. The van der Waals surface area contributed by atoms with Gasteiger partial charge in [-0.1, -0.05) is 0 Å². The summed E-state index contributed by atoms with van der Waals surface area (Å²) in [7, 11) is 0. The molecule has 5 heteroatoms. The maximum atomic E-state index is 8.97. The molecule has 3 N–H and O–H groups in total. The second-order valence-corrected chi connectivity index (χ2v) is 4.49. The highest BCUT2D eigenvalue weighted by Crippen LogP contribution is 2.10. The average Bonchev–Trinajstić information content (AvgIpc) is 2.71. The van der Waals surface area contributed by atoms with Gasteiger partial charge < -0.3 is 15.4 Å². The van der Waals surface area contributed by atoms with Gasteiger partial charge in [-0.2, -0.15) is 11.8 Å². The molecule has 1 atom stereocenters. The lowest BCUT2D eigenvalue weighted by Gasteiger charge is -2.11. The summed E-state index contributed by atoms with van der Waals surface area (Å²) in [4.78, 5) is 4.06. The van der Waals surface area contributed by atoms with Crippen LogP contribution in [0.5, 0.6) is 0 Å². The molecular weight excluding hydrogens is 210 g/mol. The monoisotopic (exact) mass is 229 g/mol. The minimum absolute atomic E-state index is 0.0312. The van der Waals surface area contributed by atoms with Crippen molar-refractivity contribution >= 4 is 11.8 Å². The summed E-state index contributed by atoms with van der Waals surface area (Å²) in [5.74, 6) is 1.19. The van der Waals surface area contributed by atoms with Crippen molar-refractivity contribution < 1.29 is 5.11 Å². The van der Waals surface area contributed by atoms with Gasteiger partial charge in [-0.05, 0) is 24.9 Å². The Hall–Kier alpha value is -0.520. The van der Waals surface area contributed by atoms with Gasteiger partial charge in [-0.15, -0.1) is 0 Å². The number of thioether (sulfide) groups is 1. The Labute approximate surface area is 94.9 Å². The van der Waals surface area contributed by atoms with Crippen LogP contribution in [0.1, 0.15) is 24.6 Å². The van der Waals surface area contributed by atoms with Gasteiger partial charge in [0.15, 0.2) is 0 Å². The lowest BCUT2D eigenvalue weighted by Crippen LogP contribution is -2.18. The van der Waals surface area contributed by atoms with E-state index < -0.39 is 0 Å². The van der Waals surface area contributed by atoms with E-state index >= 15 is 0 Å². The van der Waals surface area contributed by atoms with E-state index in [1.165, 1.54) is 12.2 Å². The predicted octanol–water partition coefficient (Wildman–Crippen LogP) is 1.02. The molecule has 0 aromatic carbocycles. The molecule has 1 rings (SSSR count). The van der Waals surface area contributed by atoms with Crippen LogP contribution in [-0.2, 0) is 6.54 Å². The number of aromatic nitrogens is 2. The Morgan fingerprint density at radius 3 is 3.07 bits per heavy atom. The van der Waals surface area contributed by atoms with Crippen molar-refractivity contribution in [1.29, 1.82) is 0 Å². The molecule has 0 aliphatic rings. The highest BCUT2D eigenvalue weighted by atomic mass is 32.2. The standard InChI is InChI=1S/C10H19N3OS/c1-15-5-3-2-4-13-8-12-6-10(13)9(11)7-14/h6,8-9,14H,2-5,7,11H2,1H3. The second-order valence-electron chi connectivity index (χ2n) is 3.50. The van der Waals surface area contributed by atoms with Gasteiger partial charge in [-0.25, -0.2) is 4.98 Å². The van der Waals surface area contributed by atoms with Crippen LogP contribution in [0.15, 0.2) is 12.5 Å². The Morgan fingerprint density at radius 2 is 2.40 bits per heavy atom. The number of aliphatic hydroxyl groups excluding tert-OH is 1. The molecule has 15 heavy (non-hydrogen) atoms. The SMILES string of the molecule is CSCCCCn1cncc1C(N)CO. The highest BCUT2D eigenvalue weighted by Gasteiger charge is 2.09. The minimum Gasteiger partial charge on any atom is -0.394 e. The predicted molar refractivity (Wildman–Crippen MR) is 63.9 cm³/mol. The molecule has 0 bridgehead atoms. The van der Waals surface area contributed by atoms with Crippen LogP contribution in [0.25, 0.3) is 0 Å². The third kappa shape index (κ3) is 3.85. The van der Waals surface area contributed by atoms with E-state index in [0.717, 1.165) is 18.7 Å². The Kier molecular flexibility index (Phi) is 5.75. The van der Waals surface area contributed by atoms with Gasteiger partial charge in [-0.3, -0.25) is 0 Å². The van der Waals surface area contributed by atoms with E-state index in [4.69, 9.17) is 10.8 Å². The molecule has 0 saturated carbocycles. The second kappa shape index (κ2) is 6.87. The number of nitrogens with two attached hydrogens (primary N) is 1. The smallest absolute Gasteiger partial charge is 0.0948 e. The van der Waals surface area contributed by atoms with Crippen molar-refractivity contribution in [2.75, 3.05) is 18.6 Å². The van der Waals surface area contributed by atoms with E-state index in [1.807, 2.05) is 16.3 Å². The summed E-state index contributed by atoms with van der Waals surface area (Å²) in [6.07, 6.45) is 7.96. The molecule has 0 saturated heterocycles. The van der Waals surface area contributed by atoms with Gasteiger partial charge in [0.25, 0.3) is 0 Å². The average molecular weight is 229 g/mol. The molecule has 0 aliphatic heterocycles. The first-order valence-electron chi connectivity index (χ1n) is 5.15. The van der Waals surface area contributed by atoms with E-state index in [2.05, 4.69) is 11.2 Å². The summed E-state index contributed by atoms with van der Waals surface area (Å²) in [5.41, 5.74) is 6.67. The summed E-state index contributed by atoms with van der Waals surface area (Å²) in [5, 5.41) is 8.97. The first-order chi connectivity index (χ1) is 7.29. The summed E-state index contributed by atoms with van der Waals surface area (Å²) < 4.78 is 2.03. The Bertz CT molecular complexity index is 277. The molecule has 1 unspecified atom stereocenters. The van der Waals surface area contributed by atoms with Gasteiger partial charge in [0.2, 0.25) is 0 Å². The molecule has 0 amide bonds. The molecule has 1 heterocycles. The highest BCUT2D eigenvalue weighted by molar-refractivity contribution is 7.98. The number of hydrogen-bond acceptors (Lipinski definition) is 4. The van der Waals surface area contributed by atoms with Crippen LogP contribution in [0.2, 0.25) is 0 Å². The van der Waals surface area contributed by atoms with Gasteiger partial charge in [0.05, 0.1) is 24.7 Å². The van der Waals surface area contributed by atoms with E-state index in [9.17, 15) is 0 Å². The number of imidazole rings is 1. The van der Waals surface area contributed by atoms with E-state index in [-0.39, 0.29) is 12.6 Å². The van der Waals surface area contributed by atoms with Crippen molar-refractivity contribution in [3.05, 3.63) is 18.2 Å². The fraction of sp³-hybridized carbons (Fsp3) is 0.700. The zero-order chi connectivity index (χ0) is 11.1. The van der Waals surface area contributed by atoms with Crippen molar-refractivity contribution in [3.63, 3.8) is 0 Å². The molecule has 1 aromatic rings. The van der Waals surface area contributed by atoms with Crippen molar-refractivity contribution in [3.8, 4) is 0 Å². The zero-order valence-corrected chi connectivity index (χ0v) is 9.91. The van der Waals surface area contributed by atoms with Crippen LogP contribution < -0.4 is 5.73 Å². The number of rotatable bonds is 7. The number of unbranched alkanes of at least 4 members (excludes halogenated alkanes) is 1. The molecule has 86 valence electrons. The molecule has 4 nitrogen and oxygen atoms in total. The van der Waals surface area contributed by atoms with Crippen molar-refractivity contribution in [2.45, 2.75) is 25.4 Å². The maximum absolute atomic E-state index is 8.97. The van der Waals surface area contributed by atoms with Gasteiger partial charge in [0, 0.05) is 12.7 Å². The topological polar surface area (TPSA) is 64.1 Å². The molecule has 0 aliphatic carbocycles. The van der Waals surface area contributed by atoms with Gasteiger partial charge >= 0.3 is 0 Å². The maximum Gasteiger partial charge on any atom is 0.0948 e. The van der Waals surface area contributed by atoms with Crippen LogP contribution in [0.4, 0.5) is 0 Å². The fourth-order valence-corrected chi connectivity index (χ4v) is 1.94. The summed E-state index contributed by atoms with van der Waals surface area (Å²) in [6, 6.07) is -0.312. The molecule has 0 spiro atoms. The number of aryl methyl sites for hydroxylation is 1. The Balaban J connectivity index is 2.43. The van der Waals surface area contributed by atoms with Crippen LogP contribution >= 0.6 is 11.8 Å². The number of nitrogens with zero attached hydrogens (tertiary/aromatic N) is 2. The fourth-order valence-electron chi connectivity index (χ4n) is 1.45. The summed E-state index contributed by atoms with van der Waals surface area (Å²) >= 11 is 1.86. The van der Waals surface area contributed by atoms with E-state index in [0.29, 0.717) is 0 Å². The Morgan fingerprint density at radius 1 is 1.60 bits per heavy atom. The third-order valence-electron chi connectivity index (χ3n) is 2.32. The molecule has 1 aromatic heterocycles. The normalized spacial score (nSPS) is 13.0. The van der Waals surface area contributed by atoms with Crippen molar-refractivity contribution in [1.82, 2.24) is 9.55 Å². The number of hydrogen-bond donors (Lipinski definition) is 2. The van der Waals surface area contributed by atoms with Crippen molar-refractivity contribution in [2.24, 2.45) is 5.73 Å². The lowest BCUT2D eigenvalue weighted by molar-refractivity contribution is 0.263. The van der Waals surface area contributed by atoms with Crippen LogP contribution in [0, 0.1) is 0 Å². The lowest BCUT2D eigenvalue weighted by atomic mass is 10.2. The molecular formula is C10H19N3OS. The first-order valence-corrected chi connectivity index (χ1v) is 6.54. The molecule has 0 fully saturated rings. The van der Waals surface area contributed by atoms with Crippen LogP contribution in [-0.4, -0.2) is 33.3 Å². The third-order valence-corrected chi connectivity index (χ3v) is 3.02.